The van der Waals surface area contributed by atoms with Gasteiger partial charge in [-0.15, -0.1) is 11.3 Å². The lowest BCUT2D eigenvalue weighted by Gasteiger charge is -2.31. The minimum Gasteiger partial charge on any atom is -0.378 e. The fourth-order valence-electron chi connectivity index (χ4n) is 2.82. The molecule has 0 radical (unpaired) electrons. The van der Waals surface area contributed by atoms with Gasteiger partial charge in [0.15, 0.2) is 0 Å². The van der Waals surface area contributed by atoms with Gasteiger partial charge in [-0.3, -0.25) is 4.79 Å². The van der Waals surface area contributed by atoms with Crippen molar-refractivity contribution in [2.45, 2.75) is 25.4 Å². The predicted molar refractivity (Wildman–Crippen MR) is 101 cm³/mol. The number of hydrogen-bond donors (Lipinski definition) is 1. The van der Waals surface area contributed by atoms with Crippen molar-refractivity contribution in [1.82, 2.24) is 9.88 Å². The number of thiazole rings is 1. The molecule has 0 spiro atoms. The van der Waals surface area contributed by atoms with Crippen molar-refractivity contribution in [2.75, 3.05) is 26.2 Å². The lowest BCUT2D eigenvalue weighted by molar-refractivity contribution is 0.00831. The number of piperidine rings is 1. The van der Waals surface area contributed by atoms with Crippen LogP contribution in [0.25, 0.3) is 10.6 Å². The number of amides is 1. The van der Waals surface area contributed by atoms with Crippen molar-refractivity contribution >= 4 is 28.8 Å². The van der Waals surface area contributed by atoms with Crippen LogP contribution in [0.2, 0.25) is 5.02 Å². The molecule has 0 aliphatic carbocycles. The minimum absolute atomic E-state index is 0.00290. The van der Waals surface area contributed by atoms with E-state index in [2.05, 4.69) is 4.98 Å². The summed E-state index contributed by atoms with van der Waals surface area (Å²) in [5.41, 5.74) is 6.96. The molecular weight excluding hydrogens is 358 g/mol. The van der Waals surface area contributed by atoms with Crippen molar-refractivity contribution in [2.24, 2.45) is 5.73 Å². The van der Waals surface area contributed by atoms with E-state index in [1.807, 2.05) is 34.5 Å². The monoisotopic (exact) mass is 379 g/mol. The van der Waals surface area contributed by atoms with E-state index < -0.39 is 0 Å². The molecule has 2 aromatic rings. The maximum absolute atomic E-state index is 12.7. The van der Waals surface area contributed by atoms with E-state index in [0.717, 1.165) is 29.8 Å². The normalized spacial score (nSPS) is 15.5. The van der Waals surface area contributed by atoms with Crippen LogP contribution in [0.4, 0.5) is 0 Å². The first kappa shape index (κ1) is 18.3. The van der Waals surface area contributed by atoms with Gasteiger partial charge in [0.1, 0.15) is 10.7 Å². The number of carbonyl (C=O) groups excluding carboxylic acids is 1. The summed E-state index contributed by atoms with van der Waals surface area (Å²) in [6.07, 6.45) is 2.84. The zero-order chi connectivity index (χ0) is 17.6. The van der Waals surface area contributed by atoms with Crippen LogP contribution in [-0.2, 0) is 4.74 Å². The Labute approximate surface area is 156 Å². The van der Waals surface area contributed by atoms with E-state index in [-0.39, 0.29) is 12.0 Å². The Kier molecular flexibility index (Phi) is 6.42. The van der Waals surface area contributed by atoms with Crippen LogP contribution in [-0.4, -0.2) is 48.1 Å². The number of nitrogens with zero attached hydrogens (tertiary/aromatic N) is 2. The van der Waals surface area contributed by atoms with E-state index in [9.17, 15) is 4.79 Å². The van der Waals surface area contributed by atoms with Gasteiger partial charge in [-0.2, -0.15) is 0 Å². The van der Waals surface area contributed by atoms with Gasteiger partial charge in [0, 0.05) is 35.7 Å². The molecule has 0 unspecified atom stereocenters. The summed E-state index contributed by atoms with van der Waals surface area (Å²) in [5.74, 6) is -0.00290. The quantitative estimate of drug-likeness (QED) is 0.780. The zero-order valence-electron chi connectivity index (χ0n) is 14.0. The Morgan fingerprint density at radius 2 is 2.04 bits per heavy atom. The third-order valence-electron chi connectivity index (χ3n) is 4.25. The number of hydrogen-bond acceptors (Lipinski definition) is 5. The predicted octanol–water partition coefficient (Wildman–Crippen LogP) is 3.43. The molecule has 0 atom stereocenters. The van der Waals surface area contributed by atoms with Crippen molar-refractivity contribution < 1.29 is 9.53 Å². The topological polar surface area (TPSA) is 68.5 Å². The summed E-state index contributed by atoms with van der Waals surface area (Å²) in [6, 6.07) is 7.49. The standard InChI is InChI=1S/C18H22ClN3O2S/c19-14-4-2-13(3-5-14)17-21-16(12-25-17)18(23)22-9-6-15(7-10-22)24-11-1-8-20/h2-5,12,15H,1,6-11,20H2. The lowest BCUT2D eigenvalue weighted by Crippen LogP contribution is -2.41. The molecule has 1 saturated heterocycles. The van der Waals surface area contributed by atoms with Gasteiger partial charge < -0.3 is 15.4 Å². The Balaban J connectivity index is 1.56. The van der Waals surface area contributed by atoms with Crippen molar-refractivity contribution in [1.29, 1.82) is 0 Å². The van der Waals surface area contributed by atoms with Crippen LogP contribution < -0.4 is 5.73 Å². The van der Waals surface area contributed by atoms with Crippen molar-refractivity contribution in [3.8, 4) is 10.6 Å². The molecule has 7 heteroatoms. The summed E-state index contributed by atoms with van der Waals surface area (Å²) >= 11 is 7.39. The van der Waals surface area contributed by atoms with Gasteiger partial charge >= 0.3 is 0 Å². The van der Waals surface area contributed by atoms with Gasteiger partial charge in [-0.25, -0.2) is 4.98 Å². The van der Waals surface area contributed by atoms with E-state index in [4.69, 9.17) is 22.1 Å². The number of carbonyl (C=O) groups is 1. The smallest absolute Gasteiger partial charge is 0.273 e. The second-order valence-electron chi connectivity index (χ2n) is 6.05. The van der Waals surface area contributed by atoms with E-state index in [0.29, 0.717) is 37.0 Å². The Morgan fingerprint density at radius 3 is 2.72 bits per heavy atom. The third kappa shape index (κ3) is 4.79. The molecule has 5 nitrogen and oxygen atoms in total. The number of likely N-dealkylation sites (tertiary alicyclic amines) is 1. The van der Waals surface area contributed by atoms with E-state index >= 15 is 0 Å². The minimum atomic E-state index is -0.00290. The zero-order valence-corrected chi connectivity index (χ0v) is 15.6. The first-order chi connectivity index (χ1) is 12.2. The average Bonchev–Trinajstić information content (AvgIpc) is 3.13. The van der Waals surface area contributed by atoms with Crippen LogP contribution in [0.15, 0.2) is 29.6 Å². The molecule has 134 valence electrons. The summed E-state index contributed by atoms with van der Waals surface area (Å²) < 4.78 is 5.79. The second kappa shape index (κ2) is 8.76. The molecule has 1 aliphatic heterocycles. The van der Waals surface area contributed by atoms with Crippen LogP contribution in [0.3, 0.4) is 0 Å². The molecule has 1 aromatic heterocycles. The highest BCUT2D eigenvalue weighted by molar-refractivity contribution is 7.13. The fourth-order valence-corrected chi connectivity index (χ4v) is 3.74. The van der Waals surface area contributed by atoms with Crippen molar-refractivity contribution in [3.63, 3.8) is 0 Å². The number of ether oxygens (including phenoxy) is 1. The summed E-state index contributed by atoms with van der Waals surface area (Å²) in [5, 5.41) is 3.35. The van der Waals surface area contributed by atoms with Crippen molar-refractivity contribution in [3.05, 3.63) is 40.4 Å². The highest BCUT2D eigenvalue weighted by Crippen LogP contribution is 2.26. The molecule has 1 aromatic carbocycles. The maximum atomic E-state index is 12.7. The highest BCUT2D eigenvalue weighted by Gasteiger charge is 2.25. The van der Waals surface area contributed by atoms with Gasteiger partial charge in [-0.05, 0) is 37.9 Å². The first-order valence-electron chi connectivity index (χ1n) is 8.50. The van der Waals surface area contributed by atoms with Crippen LogP contribution in [0, 0.1) is 0 Å². The highest BCUT2D eigenvalue weighted by atomic mass is 35.5. The summed E-state index contributed by atoms with van der Waals surface area (Å²) in [4.78, 5) is 19.0. The van der Waals surface area contributed by atoms with E-state index in [1.165, 1.54) is 11.3 Å². The fraction of sp³-hybridized carbons (Fsp3) is 0.444. The van der Waals surface area contributed by atoms with Gasteiger partial charge in [-0.1, -0.05) is 23.7 Å². The van der Waals surface area contributed by atoms with Crippen LogP contribution in [0.5, 0.6) is 0 Å². The third-order valence-corrected chi connectivity index (χ3v) is 5.39. The molecule has 3 rings (SSSR count). The van der Waals surface area contributed by atoms with Gasteiger partial charge in [0.05, 0.1) is 6.10 Å². The Hall–Kier alpha value is -1.47. The Morgan fingerprint density at radius 1 is 1.32 bits per heavy atom. The number of halogens is 1. The largest absolute Gasteiger partial charge is 0.378 e. The van der Waals surface area contributed by atoms with E-state index in [1.54, 1.807) is 0 Å². The second-order valence-corrected chi connectivity index (χ2v) is 7.34. The number of benzene rings is 1. The first-order valence-corrected chi connectivity index (χ1v) is 9.75. The average molecular weight is 380 g/mol. The number of rotatable bonds is 6. The van der Waals surface area contributed by atoms with Crippen LogP contribution in [0.1, 0.15) is 29.8 Å². The number of nitrogens with two attached hydrogens (primary N) is 1. The molecule has 0 saturated carbocycles. The Bertz CT molecular complexity index is 697. The summed E-state index contributed by atoms with van der Waals surface area (Å²) in [7, 11) is 0. The molecule has 1 amide bonds. The maximum Gasteiger partial charge on any atom is 0.273 e. The van der Waals surface area contributed by atoms with Crippen LogP contribution >= 0.6 is 22.9 Å². The molecular formula is C18H22ClN3O2S. The lowest BCUT2D eigenvalue weighted by atomic mass is 10.1. The molecule has 1 fully saturated rings. The van der Waals surface area contributed by atoms with Gasteiger partial charge in [0.25, 0.3) is 5.91 Å². The van der Waals surface area contributed by atoms with Gasteiger partial charge in [0.2, 0.25) is 0 Å². The molecule has 25 heavy (non-hydrogen) atoms. The molecule has 0 bridgehead atoms. The summed E-state index contributed by atoms with van der Waals surface area (Å²) in [6.45, 7) is 2.77. The molecule has 2 heterocycles. The SMILES string of the molecule is NCCCOC1CCN(C(=O)c2csc(-c3ccc(Cl)cc3)n2)CC1. The molecule has 2 N–H and O–H groups in total. The number of aromatic nitrogens is 1. The molecule has 1 aliphatic rings.